The lowest BCUT2D eigenvalue weighted by Crippen LogP contribution is -2.33. The Labute approximate surface area is 190 Å². The maximum Gasteiger partial charge on any atom is 0.303 e. The zero-order valence-electron chi connectivity index (χ0n) is 19.9. The number of carboxylic acids is 2. The van der Waals surface area contributed by atoms with Gasteiger partial charge in [-0.25, -0.2) is 0 Å². The summed E-state index contributed by atoms with van der Waals surface area (Å²) in [5.74, 6) is 0.0970. The van der Waals surface area contributed by atoms with E-state index in [1.165, 1.54) is 32.1 Å². The van der Waals surface area contributed by atoms with Crippen molar-refractivity contribution < 1.29 is 19.8 Å². The van der Waals surface area contributed by atoms with E-state index in [0.717, 1.165) is 51.4 Å². The van der Waals surface area contributed by atoms with Crippen LogP contribution >= 0.6 is 0 Å². The highest BCUT2D eigenvalue weighted by atomic mass is 16.4. The molecule has 1 aliphatic carbocycles. The molecule has 0 heterocycles. The molecule has 1 rings (SSSR count). The van der Waals surface area contributed by atoms with Crippen LogP contribution in [-0.2, 0) is 9.59 Å². The minimum absolute atomic E-state index is 0.215. The summed E-state index contributed by atoms with van der Waals surface area (Å²) in [4.78, 5) is 22.3. The minimum atomic E-state index is -0.712. The maximum atomic E-state index is 11.7. The second kappa shape index (κ2) is 17.0. The molecule has 0 aliphatic heterocycles. The zero-order chi connectivity index (χ0) is 22.9. The van der Waals surface area contributed by atoms with E-state index in [-0.39, 0.29) is 18.8 Å². The van der Waals surface area contributed by atoms with Crippen molar-refractivity contribution in [2.24, 2.45) is 23.7 Å². The monoisotopic (exact) mass is 434 g/mol. The van der Waals surface area contributed by atoms with Gasteiger partial charge in [-0.1, -0.05) is 89.5 Å². The lowest BCUT2D eigenvalue weighted by molar-refractivity contribution is -0.139. The van der Waals surface area contributed by atoms with Gasteiger partial charge in [-0.3, -0.25) is 9.59 Å². The SMILES string of the molecule is CCC=CCC1C(CCCCCC)C=CC(CCCCCCCC(=O)O)C1CC(=O)O. The Bertz CT molecular complexity index is 551. The van der Waals surface area contributed by atoms with Crippen LogP contribution in [0.3, 0.4) is 0 Å². The standard InChI is InChI=1S/C27H46O4/c1-3-5-7-12-15-22-19-20-23(16-13-9-8-10-14-18-26(28)29)25(21-27(30)31)24(22)17-11-6-4-2/h6,11,19-20,22-25H,3-5,7-10,12-18,21H2,1-2H3,(H,28,29)(H,30,31). The van der Waals surface area contributed by atoms with E-state index in [1.54, 1.807) is 0 Å². The van der Waals surface area contributed by atoms with Crippen molar-refractivity contribution in [3.8, 4) is 0 Å². The Kier molecular flexibility index (Phi) is 15.1. The van der Waals surface area contributed by atoms with Gasteiger partial charge in [-0.05, 0) is 55.8 Å². The molecule has 0 fully saturated rings. The molecule has 4 unspecified atom stereocenters. The summed E-state index contributed by atoms with van der Waals surface area (Å²) in [7, 11) is 0. The van der Waals surface area contributed by atoms with Gasteiger partial charge in [0, 0.05) is 12.8 Å². The molecule has 0 spiro atoms. The van der Waals surface area contributed by atoms with Crippen molar-refractivity contribution >= 4 is 11.9 Å². The summed E-state index contributed by atoms with van der Waals surface area (Å²) in [6.45, 7) is 4.38. The molecular weight excluding hydrogens is 388 g/mol. The van der Waals surface area contributed by atoms with Crippen molar-refractivity contribution in [2.75, 3.05) is 0 Å². The fraction of sp³-hybridized carbons (Fsp3) is 0.778. The van der Waals surface area contributed by atoms with Crippen LogP contribution in [-0.4, -0.2) is 22.2 Å². The summed E-state index contributed by atoms with van der Waals surface area (Å²) < 4.78 is 0. The smallest absolute Gasteiger partial charge is 0.303 e. The number of hydrogen-bond donors (Lipinski definition) is 2. The van der Waals surface area contributed by atoms with Crippen LogP contribution < -0.4 is 0 Å². The van der Waals surface area contributed by atoms with Gasteiger partial charge < -0.3 is 10.2 Å². The Morgan fingerprint density at radius 1 is 0.742 bits per heavy atom. The molecule has 2 N–H and O–H groups in total. The lowest BCUT2D eigenvalue weighted by atomic mass is 9.65. The van der Waals surface area contributed by atoms with E-state index >= 15 is 0 Å². The van der Waals surface area contributed by atoms with Crippen molar-refractivity contribution in [1.82, 2.24) is 0 Å². The highest BCUT2D eigenvalue weighted by molar-refractivity contribution is 5.67. The predicted molar refractivity (Wildman–Crippen MR) is 128 cm³/mol. The fourth-order valence-electron chi connectivity index (χ4n) is 5.09. The summed E-state index contributed by atoms with van der Waals surface area (Å²) in [5, 5.41) is 18.4. The van der Waals surface area contributed by atoms with Crippen molar-refractivity contribution in [3.05, 3.63) is 24.3 Å². The number of unbranched alkanes of at least 4 members (excludes halogenated alkanes) is 7. The van der Waals surface area contributed by atoms with E-state index in [0.29, 0.717) is 17.8 Å². The largest absolute Gasteiger partial charge is 0.481 e. The molecule has 1 aliphatic rings. The summed E-state index contributed by atoms with van der Waals surface area (Å²) in [6.07, 6.45) is 24.0. The summed E-state index contributed by atoms with van der Waals surface area (Å²) >= 11 is 0. The average Bonchev–Trinajstić information content (AvgIpc) is 2.72. The number of carbonyl (C=O) groups is 2. The predicted octanol–water partition coefficient (Wildman–Crippen LogP) is 7.64. The average molecular weight is 435 g/mol. The molecule has 0 saturated carbocycles. The Hall–Kier alpha value is -1.58. The van der Waals surface area contributed by atoms with Gasteiger partial charge in [0.1, 0.15) is 0 Å². The van der Waals surface area contributed by atoms with Crippen LogP contribution in [0, 0.1) is 23.7 Å². The summed E-state index contributed by atoms with van der Waals surface area (Å²) in [5.41, 5.74) is 0. The van der Waals surface area contributed by atoms with Crippen LogP contribution in [0.5, 0.6) is 0 Å². The fourth-order valence-corrected chi connectivity index (χ4v) is 5.09. The van der Waals surface area contributed by atoms with Gasteiger partial charge in [0.15, 0.2) is 0 Å². The minimum Gasteiger partial charge on any atom is -0.481 e. The van der Waals surface area contributed by atoms with Gasteiger partial charge in [0.25, 0.3) is 0 Å². The first-order valence-electron chi connectivity index (χ1n) is 12.8. The molecule has 0 radical (unpaired) electrons. The molecule has 4 atom stereocenters. The quantitative estimate of drug-likeness (QED) is 0.172. The highest BCUT2D eigenvalue weighted by Gasteiger charge is 2.36. The van der Waals surface area contributed by atoms with Crippen LogP contribution in [0.15, 0.2) is 24.3 Å². The normalized spacial score (nSPS) is 23.4. The second-order valence-corrected chi connectivity index (χ2v) is 9.30. The first-order valence-corrected chi connectivity index (χ1v) is 12.8. The Balaban J connectivity index is 2.70. The third kappa shape index (κ3) is 12.1. The molecule has 0 amide bonds. The number of rotatable bonds is 18. The van der Waals surface area contributed by atoms with E-state index in [1.807, 2.05) is 0 Å². The maximum absolute atomic E-state index is 11.7. The van der Waals surface area contributed by atoms with Crippen LogP contribution in [0.25, 0.3) is 0 Å². The molecule has 0 aromatic rings. The van der Waals surface area contributed by atoms with E-state index in [9.17, 15) is 14.7 Å². The van der Waals surface area contributed by atoms with Crippen LogP contribution in [0.2, 0.25) is 0 Å². The first kappa shape index (κ1) is 27.5. The molecular formula is C27H46O4. The van der Waals surface area contributed by atoms with Crippen LogP contribution in [0.4, 0.5) is 0 Å². The lowest BCUT2D eigenvalue weighted by Gasteiger charge is -2.39. The molecule has 0 saturated heterocycles. The molecule has 0 bridgehead atoms. The number of hydrogen-bond acceptors (Lipinski definition) is 2. The topological polar surface area (TPSA) is 74.6 Å². The van der Waals surface area contributed by atoms with Gasteiger partial charge >= 0.3 is 11.9 Å². The van der Waals surface area contributed by atoms with E-state index in [2.05, 4.69) is 38.2 Å². The highest BCUT2D eigenvalue weighted by Crippen LogP contribution is 2.43. The molecule has 0 aromatic carbocycles. The van der Waals surface area contributed by atoms with E-state index < -0.39 is 11.9 Å². The van der Waals surface area contributed by atoms with Crippen molar-refractivity contribution in [2.45, 2.75) is 110 Å². The van der Waals surface area contributed by atoms with Crippen LogP contribution in [0.1, 0.15) is 110 Å². The number of aliphatic carboxylic acids is 2. The third-order valence-corrected chi connectivity index (χ3v) is 6.80. The second-order valence-electron chi connectivity index (χ2n) is 9.30. The first-order chi connectivity index (χ1) is 15.0. The van der Waals surface area contributed by atoms with Gasteiger partial charge in [-0.2, -0.15) is 0 Å². The van der Waals surface area contributed by atoms with Gasteiger partial charge in [-0.15, -0.1) is 0 Å². The molecule has 178 valence electrons. The van der Waals surface area contributed by atoms with Gasteiger partial charge in [0.2, 0.25) is 0 Å². The molecule has 4 heteroatoms. The third-order valence-electron chi connectivity index (χ3n) is 6.80. The molecule has 4 nitrogen and oxygen atoms in total. The number of allylic oxidation sites excluding steroid dienone is 4. The van der Waals surface area contributed by atoms with Crippen molar-refractivity contribution in [3.63, 3.8) is 0 Å². The Morgan fingerprint density at radius 2 is 1.32 bits per heavy atom. The van der Waals surface area contributed by atoms with Gasteiger partial charge in [0.05, 0.1) is 0 Å². The Morgan fingerprint density at radius 3 is 1.90 bits per heavy atom. The number of carboxylic acid groups (broad SMARTS) is 2. The molecule has 31 heavy (non-hydrogen) atoms. The van der Waals surface area contributed by atoms with Crippen molar-refractivity contribution in [1.29, 1.82) is 0 Å². The zero-order valence-corrected chi connectivity index (χ0v) is 19.9. The summed E-state index contributed by atoms with van der Waals surface area (Å²) in [6, 6.07) is 0. The van der Waals surface area contributed by atoms with E-state index in [4.69, 9.17) is 5.11 Å². The molecule has 0 aromatic heterocycles.